The molecule has 0 spiro atoms. The van der Waals surface area contributed by atoms with Crippen LogP contribution in [0.3, 0.4) is 0 Å². The van der Waals surface area contributed by atoms with Gasteiger partial charge in [0.05, 0.1) is 68.5 Å². The summed E-state index contributed by atoms with van der Waals surface area (Å²) in [7, 11) is 12.2. The van der Waals surface area contributed by atoms with E-state index in [4.69, 9.17) is 77.4 Å². The second-order valence-corrected chi connectivity index (χ2v) is 17.2. The third kappa shape index (κ3) is 12.3. The maximum atomic E-state index is 13.2. The second kappa shape index (κ2) is 25.6. The third-order valence-electron chi connectivity index (χ3n) is 12.2. The number of aliphatic hydroxyl groups excluding tert-OH is 1. The molecule has 8 rings (SSSR count). The highest BCUT2D eigenvalue weighted by atomic mass is 35.5. The Kier molecular flexibility index (Phi) is 19.4. The van der Waals surface area contributed by atoms with E-state index in [9.17, 15) is 24.3 Å². The van der Waals surface area contributed by atoms with Crippen LogP contribution in [0.2, 0.25) is 0 Å². The zero-order valence-electron chi connectivity index (χ0n) is 41.5. The fourth-order valence-electron chi connectivity index (χ4n) is 8.76. The molecule has 6 aromatic carbocycles. The van der Waals surface area contributed by atoms with Crippen LogP contribution in [0.5, 0.6) is 46.0 Å². The number of benzene rings is 4. The van der Waals surface area contributed by atoms with E-state index in [0.717, 1.165) is 33.4 Å². The Balaban J connectivity index is 0.000000204. The number of carbonyl (C=O) groups excluding carboxylic acids is 2. The molecule has 2 atom stereocenters. The van der Waals surface area contributed by atoms with Crippen LogP contribution in [0, 0.1) is 0 Å². The second-order valence-electron chi connectivity index (χ2n) is 16.3. The van der Waals surface area contributed by atoms with Crippen molar-refractivity contribution in [1.29, 1.82) is 0 Å². The first-order chi connectivity index (χ1) is 35.2. The number of hydrogen-bond donors (Lipinski definition) is 1. The summed E-state index contributed by atoms with van der Waals surface area (Å²) in [4.78, 5) is 49.1. The van der Waals surface area contributed by atoms with E-state index < -0.39 is 23.4 Å². The average Bonchev–Trinajstić information content (AvgIpc) is 3.81. The Morgan fingerprint density at radius 2 is 0.959 bits per heavy atom. The number of methoxy groups -OCH3 is 8. The topological polar surface area (TPSA) is 172 Å². The summed E-state index contributed by atoms with van der Waals surface area (Å²) in [6, 6.07) is 27.4. The molecule has 1 N–H and O–H groups in total. The van der Waals surface area contributed by atoms with Gasteiger partial charge in [-0.3, -0.25) is 14.4 Å². The van der Waals surface area contributed by atoms with Gasteiger partial charge in [-0.1, -0.05) is 36.4 Å². The summed E-state index contributed by atoms with van der Waals surface area (Å²) < 4.78 is 50.0. The molecule has 73 heavy (non-hydrogen) atoms. The van der Waals surface area contributed by atoms with Crippen molar-refractivity contribution < 1.29 is 57.3 Å². The average molecular weight is 1060 g/mol. The van der Waals surface area contributed by atoms with E-state index in [1.807, 2.05) is 24.3 Å². The van der Waals surface area contributed by atoms with Gasteiger partial charge in [0.2, 0.25) is 22.4 Å². The van der Waals surface area contributed by atoms with Crippen molar-refractivity contribution in [2.75, 3.05) is 56.9 Å². The maximum Gasteiger partial charge on any atom is 0.338 e. The molecule has 0 saturated carbocycles. The molecular formula is C56H55Cl3O14. The first kappa shape index (κ1) is 55.3. The minimum Gasteiger partial charge on any atom is -0.493 e. The summed E-state index contributed by atoms with van der Waals surface area (Å²) in [5.74, 6) is 3.51. The Hall–Kier alpha value is -6.97. The van der Waals surface area contributed by atoms with Gasteiger partial charge in [-0.2, -0.15) is 0 Å². The van der Waals surface area contributed by atoms with Crippen molar-refractivity contribution in [1.82, 2.24) is 0 Å². The Labute approximate surface area is 438 Å². The molecule has 0 saturated heterocycles. The van der Waals surface area contributed by atoms with Crippen LogP contribution in [0.4, 0.5) is 0 Å². The van der Waals surface area contributed by atoms with Gasteiger partial charge in [-0.25, -0.2) is 4.79 Å². The molecular weight excluding hydrogens is 1000 g/mol. The molecule has 0 bridgehead atoms. The molecule has 17 heteroatoms. The van der Waals surface area contributed by atoms with E-state index in [1.54, 1.807) is 96.2 Å². The lowest BCUT2D eigenvalue weighted by Gasteiger charge is -2.19. The third-order valence-corrected chi connectivity index (χ3v) is 13.1. The molecule has 2 aliphatic rings. The van der Waals surface area contributed by atoms with Crippen LogP contribution in [-0.4, -0.2) is 73.2 Å². The number of halogens is 3. The normalized spacial score (nSPS) is 13.9. The van der Waals surface area contributed by atoms with Gasteiger partial charge in [-0.15, -0.1) is 23.2 Å². The minimum atomic E-state index is -0.774. The van der Waals surface area contributed by atoms with E-state index in [0.29, 0.717) is 99.4 Å². The summed E-state index contributed by atoms with van der Waals surface area (Å²) >= 11 is 16.7. The van der Waals surface area contributed by atoms with Gasteiger partial charge in [-0.05, 0) is 137 Å². The lowest BCUT2D eigenvalue weighted by Crippen LogP contribution is -2.13. The number of esters is 1. The molecule has 0 fully saturated rings. The van der Waals surface area contributed by atoms with Crippen molar-refractivity contribution >= 4 is 46.0 Å². The predicted molar refractivity (Wildman–Crippen MR) is 281 cm³/mol. The Morgan fingerprint density at radius 3 is 1.41 bits per heavy atom. The van der Waals surface area contributed by atoms with Crippen molar-refractivity contribution in [2.45, 2.75) is 49.7 Å². The number of fused-ring (bicyclic) bond motifs is 6. The number of alkyl halides is 2. The van der Waals surface area contributed by atoms with Gasteiger partial charge in [0, 0.05) is 34.0 Å². The van der Waals surface area contributed by atoms with Crippen molar-refractivity contribution in [3.8, 4) is 68.2 Å². The zero-order chi connectivity index (χ0) is 52.9. The van der Waals surface area contributed by atoms with E-state index in [1.165, 1.54) is 33.5 Å². The number of ether oxygens (including phenoxy) is 9. The number of carbonyl (C=O) groups is 2. The number of rotatable bonds is 13. The smallest absolute Gasteiger partial charge is 0.338 e. The van der Waals surface area contributed by atoms with Crippen LogP contribution in [-0.2, 0) is 29.3 Å². The summed E-state index contributed by atoms with van der Waals surface area (Å²) in [6.45, 7) is 0. The molecule has 0 radical (unpaired) electrons. The quantitative estimate of drug-likeness (QED) is 0.0658. The van der Waals surface area contributed by atoms with Crippen LogP contribution in [0.25, 0.3) is 22.3 Å². The van der Waals surface area contributed by atoms with Gasteiger partial charge in [0.15, 0.2) is 34.5 Å². The lowest BCUT2D eigenvalue weighted by atomic mass is 9.96. The fraction of sp³-hybridized carbons (Fsp3) is 0.286. The van der Waals surface area contributed by atoms with E-state index >= 15 is 0 Å². The largest absolute Gasteiger partial charge is 0.493 e. The lowest BCUT2D eigenvalue weighted by molar-refractivity contribution is 0.0280. The minimum absolute atomic E-state index is 0.170. The highest BCUT2D eigenvalue weighted by molar-refractivity contribution is 6.67. The van der Waals surface area contributed by atoms with Crippen molar-refractivity contribution in [3.63, 3.8) is 0 Å². The molecule has 2 aliphatic carbocycles. The summed E-state index contributed by atoms with van der Waals surface area (Å²) in [5, 5.41) is 10.2. The predicted octanol–water partition coefficient (Wildman–Crippen LogP) is 10.9. The highest BCUT2D eigenvalue weighted by Gasteiger charge is 2.32. The summed E-state index contributed by atoms with van der Waals surface area (Å²) in [5.41, 5.74) is 7.85. The number of aliphatic hydroxyl groups is 1. The van der Waals surface area contributed by atoms with E-state index in [-0.39, 0.29) is 28.2 Å². The molecule has 0 aliphatic heterocycles. The Bertz CT molecular complexity index is 3110. The van der Waals surface area contributed by atoms with Crippen LogP contribution in [0.15, 0.2) is 107 Å². The molecule has 0 aromatic heterocycles. The first-order valence-corrected chi connectivity index (χ1v) is 24.2. The van der Waals surface area contributed by atoms with Gasteiger partial charge >= 0.3 is 5.97 Å². The van der Waals surface area contributed by atoms with Crippen molar-refractivity contribution in [3.05, 3.63) is 162 Å². The highest BCUT2D eigenvalue weighted by Crippen LogP contribution is 2.52. The number of hydrogen-bond acceptors (Lipinski definition) is 14. The maximum absolute atomic E-state index is 13.2. The first-order valence-electron chi connectivity index (χ1n) is 22.7. The van der Waals surface area contributed by atoms with E-state index in [2.05, 4.69) is 0 Å². The molecule has 0 amide bonds. The summed E-state index contributed by atoms with van der Waals surface area (Å²) in [6.07, 6.45) is 0.581. The number of aryl methyl sites for hydroxylation is 2. The Morgan fingerprint density at radius 1 is 0.521 bits per heavy atom. The molecule has 384 valence electrons. The van der Waals surface area contributed by atoms with Gasteiger partial charge < -0.3 is 47.7 Å². The SMILES string of the molecule is COc1cc2c(c(OC)c1OC)-c1ccc(OC)c(=O)cc1[C@H](O)CC2.COc1cc2c(c(OC)c1OC)-c1ccc(OC)c(=O)cc1[C@H](OC(=O)c1cccc(CCl)c1)CC2.O=C(Cl)c1cccc(CCl)c1. The van der Waals surface area contributed by atoms with Crippen LogP contribution in [0.1, 0.15) is 79.1 Å². The molecule has 6 aromatic rings. The van der Waals surface area contributed by atoms with Gasteiger partial charge in [0.25, 0.3) is 5.24 Å². The molecule has 0 heterocycles. The molecule has 14 nitrogen and oxygen atoms in total. The fourth-order valence-corrected chi connectivity index (χ4v) is 9.21. The van der Waals surface area contributed by atoms with Gasteiger partial charge in [0.1, 0.15) is 6.10 Å². The standard InChI is InChI=1S/C28H27ClO7.C20H22O6.C8H6Cl2O/c1-32-23-11-9-19-20(14-21(23)30)22(36-28(31)18-7-5-6-16(12-18)15-29)10-8-17-13-24(33-2)26(34-3)27(35-4)25(17)19;1-23-16-8-6-12-13(10-15(16)22)14(21)7-5-11-9-17(24-2)19(25-3)20(26-4)18(11)12;9-5-6-2-1-3-7(4-6)8(10)11/h5-7,9,11-14,22H,8,10,15H2,1-4H3;6,8-10,14,21H,5,7H2,1-4H3;1-4H,5H2/t22-;14-;/m11./s1. The van der Waals surface area contributed by atoms with Crippen LogP contribution >= 0.6 is 34.8 Å². The molecule has 0 unspecified atom stereocenters. The van der Waals surface area contributed by atoms with Crippen molar-refractivity contribution in [2.24, 2.45) is 0 Å². The van der Waals surface area contributed by atoms with Crippen LogP contribution < -0.4 is 48.8 Å². The monoisotopic (exact) mass is 1060 g/mol. The zero-order valence-corrected chi connectivity index (χ0v) is 43.8.